The second kappa shape index (κ2) is 9.99. The number of hydrogen-bond acceptors (Lipinski definition) is 3. The van der Waals surface area contributed by atoms with E-state index in [1.807, 2.05) is 56.3 Å². The number of carbonyl (C=O) groups is 1. The summed E-state index contributed by atoms with van der Waals surface area (Å²) >= 11 is 6.13. The summed E-state index contributed by atoms with van der Waals surface area (Å²) in [6.45, 7) is 5.24. The Kier molecular flexibility index (Phi) is 7.14. The van der Waals surface area contributed by atoms with Gasteiger partial charge in [-0.3, -0.25) is 4.79 Å². The molecule has 0 aliphatic rings. The Morgan fingerprint density at radius 3 is 2.48 bits per heavy atom. The molecule has 0 heterocycles. The van der Waals surface area contributed by atoms with Crippen LogP contribution in [0.5, 0.6) is 11.5 Å². The molecule has 0 radical (unpaired) electrons. The molecule has 0 bridgehead atoms. The van der Waals surface area contributed by atoms with Crippen LogP contribution in [0.4, 0.5) is 0 Å². The second-order valence-electron chi connectivity index (χ2n) is 6.78. The molecule has 29 heavy (non-hydrogen) atoms. The molecule has 0 fully saturated rings. The van der Waals surface area contributed by atoms with Gasteiger partial charge in [-0.1, -0.05) is 41.9 Å². The first-order valence-corrected chi connectivity index (χ1v) is 9.85. The van der Waals surface area contributed by atoms with E-state index >= 15 is 0 Å². The highest BCUT2D eigenvalue weighted by atomic mass is 35.5. The zero-order valence-electron chi connectivity index (χ0n) is 16.6. The summed E-state index contributed by atoms with van der Waals surface area (Å²) in [5, 5.41) is 3.54. The van der Waals surface area contributed by atoms with E-state index in [4.69, 9.17) is 21.1 Å². The van der Waals surface area contributed by atoms with Gasteiger partial charge in [0.05, 0.1) is 6.54 Å². The molecular formula is C24H24ClNO3. The molecule has 5 heteroatoms. The monoisotopic (exact) mass is 409 g/mol. The molecule has 0 aliphatic heterocycles. The van der Waals surface area contributed by atoms with E-state index < -0.39 is 0 Å². The van der Waals surface area contributed by atoms with Crippen LogP contribution in [0.1, 0.15) is 27.0 Å². The number of halogens is 1. The molecule has 3 aromatic carbocycles. The van der Waals surface area contributed by atoms with E-state index in [-0.39, 0.29) is 5.91 Å². The highest BCUT2D eigenvalue weighted by Crippen LogP contribution is 2.20. The highest BCUT2D eigenvalue weighted by molar-refractivity contribution is 6.31. The summed E-state index contributed by atoms with van der Waals surface area (Å²) in [5.74, 6) is 1.38. The van der Waals surface area contributed by atoms with Crippen LogP contribution in [0.25, 0.3) is 0 Å². The number of amides is 1. The Hall–Kier alpha value is -2.98. The van der Waals surface area contributed by atoms with Crippen LogP contribution in [-0.2, 0) is 6.61 Å². The molecule has 1 amide bonds. The standard InChI is InChI=1S/C24H24ClNO3/c1-17-7-8-18(2)23(15-17)28-14-13-26-24(27)19-9-11-21(12-10-19)29-16-20-5-3-4-6-22(20)25/h3-12,15H,13-14,16H2,1-2H3,(H,26,27). The summed E-state index contributed by atoms with van der Waals surface area (Å²) < 4.78 is 11.5. The predicted molar refractivity (Wildman–Crippen MR) is 116 cm³/mol. The van der Waals surface area contributed by atoms with Gasteiger partial charge in [0.2, 0.25) is 0 Å². The Morgan fingerprint density at radius 1 is 0.966 bits per heavy atom. The molecule has 0 saturated carbocycles. The summed E-state index contributed by atoms with van der Waals surface area (Å²) in [7, 11) is 0. The number of carbonyl (C=O) groups excluding carboxylic acids is 1. The van der Waals surface area contributed by atoms with Crippen molar-refractivity contribution in [3.05, 3.63) is 94.0 Å². The van der Waals surface area contributed by atoms with Gasteiger partial charge in [-0.15, -0.1) is 0 Å². The SMILES string of the molecule is Cc1ccc(C)c(OCCNC(=O)c2ccc(OCc3ccccc3Cl)cc2)c1. The lowest BCUT2D eigenvalue weighted by Gasteiger charge is -2.11. The Morgan fingerprint density at radius 2 is 1.72 bits per heavy atom. The Labute approximate surface area is 176 Å². The quantitative estimate of drug-likeness (QED) is 0.510. The molecule has 4 nitrogen and oxygen atoms in total. The molecule has 1 N–H and O–H groups in total. The number of hydrogen-bond donors (Lipinski definition) is 1. The molecule has 3 aromatic rings. The van der Waals surface area contributed by atoms with Crippen LogP contribution in [0.3, 0.4) is 0 Å². The van der Waals surface area contributed by atoms with Crippen molar-refractivity contribution in [2.24, 2.45) is 0 Å². The molecule has 0 unspecified atom stereocenters. The minimum atomic E-state index is -0.146. The van der Waals surface area contributed by atoms with Crippen molar-refractivity contribution in [1.82, 2.24) is 5.32 Å². The molecule has 0 spiro atoms. The van der Waals surface area contributed by atoms with E-state index in [1.165, 1.54) is 0 Å². The van der Waals surface area contributed by atoms with Gasteiger partial charge in [-0.05, 0) is 61.4 Å². The van der Waals surface area contributed by atoms with Crippen LogP contribution in [0, 0.1) is 13.8 Å². The molecule has 0 atom stereocenters. The van der Waals surface area contributed by atoms with Gasteiger partial charge >= 0.3 is 0 Å². The summed E-state index contributed by atoms with van der Waals surface area (Å²) in [4.78, 5) is 12.3. The Balaban J connectivity index is 1.45. The lowest BCUT2D eigenvalue weighted by Crippen LogP contribution is -2.28. The lowest BCUT2D eigenvalue weighted by molar-refractivity contribution is 0.0947. The molecule has 0 aliphatic carbocycles. The molecule has 0 saturated heterocycles. The number of aryl methyl sites for hydroxylation is 2. The van der Waals surface area contributed by atoms with E-state index in [1.54, 1.807) is 24.3 Å². The highest BCUT2D eigenvalue weighted by Gasteiger charge is 2.07. The number of nitrogens with one attached hydrogen (secondary N) is 1. The maximum absolute atomic E-state index is 12.3. The Bertz CT molecular complexity index is 970. The molecular weight excluding hydrogens is 386 g/mol. The molecule has 150 valence electrons. The van der Waals surface area contributed by atoms with Crippen molar-refractivity contribution in [2.45, 2.75) is 20.5 Å². The number of rotatable bonds is 8. The van der Waals surface area contributed by atoms with Gasteiger partial charge in [0, 0.05) is 16.1 Å². The predicted octanol–water partition coefficient (Wildman–Crippen LogP) is 5.34. The van der Waals surface area contributed by atoms with Crippen LogP contribution in [-0.4, -0.2) is 19.1 Å². The van der Waals surface area contributed by atoms with Gasteiger partial charge in [0.25, 0.3) is 5.91 Å². The van der Waals surface area contributed by atoms with E-state index in [0.29, 0.717) is 36.1 Å². The maximum Gasteiger partial charge on any atom is 0.251 e. The second-order valence-corrected chi connectivity index (χ2v) is 7.18. The zero-order chi connectivity index (χ0) is 20.6. The average Bonchev–Trinajstić information content (AvgIpc) is 2.73. The van der Waals surface area contributed by atoms with Crippen molar-refractivity contribution in [1.29, 1.82) is 0 Å². The fourth-order valence-corrected chi connectivity index (χ4v) is 2.96. The maximum atomic E-state index is 12.3. The topological polar surface area (TPSA) is 47.6 Å². The van der Waals surface area contributed by atoms with Gasteiger partial charge in [-0.2, -0.15) is 0 Å². The third-order valence-electron chi connectivity index (χ3n) is 4.46. The van der Waals surface area contributed by atoms with Crippen molar-refractivity contribution in [3.8, 4) is 11.5 Å². The van der Waals surface area contributed by atoms with E-state index in [2.05, 4.69) is 5.32 Å². The van der Waals surface area contributed by atoms with Crippen LogP contribution in [0.2, 0.25) is 5.02 Å². The fourth-order valence-electron chi connectivity index (χ4n) is 2.77. The van der Waals surface area contributed by atoms with Gasteiger partial charge in [0.15, 0.2) is 0 Å². The van der Waals surface area contributed by atoms with E-state index in [0.717, 1.165) is 22.4 Å². The summed E-state index contributed by atoms with van der Waals surface area (Å²) in [6.07, 6.45) is 0. The van der Waals surface area contributed by atoms with Gasteiger partial charge < -0.3 is 14.8 Å². The number of ether oxygens (including phenoxy) is 2. The minimum absolute atomic E-state index is 0.146. The fraction of sp³-hybridized carbons (Fsp3) is 0.208. The largest absolute Gasteiger partial charge is 0.491 e. The average molecular weight is 410 g/mol. The van der Waals surface area contributed by atoms with Crippen molar-refractivity contribution >= 4 is 17.5 Å². The minimum Gasteiger partial charge on any atom is -0.491 e. The number of benzene rings is 3. The summed E-state index contributed by atoms with van der Waals surface area (Å²) in [5.41, 5.74) is 3.71. The smallest absolute Gasteiger partial charge is 0.251 e. The van der Waals surface area contributed by atoms with Gasteiger partial charge in [0.1, 0.15) is 24.7 Å². The lowest BCUT2D eigenvalue weighted by atomic mass is 10.1. The normalized spacial score (nSPS) is 10.4. The molecule has 0 aromatic heterocycles. The van der Waals surface area contributed by atoms with Crippen LogP contribution >= 0.6 is 11.6 Å². The van der Waals surface area contributed by atoms with Crippen molar-refractivity contribution in [2.75, 3.05) is 13.2 Å². The van der Waals surface area contributed by atoms with Crippen molar-refractivity contribution < 1.29 is 14.3 Å². The summed E-state index contributed by atoms with van der Waals surface area (Å²) in [6, 6.07) is 20.7. The van der Waals surface area contributed by atoms with E-state index in [9.17, 15) is 4.79 Å². The third-order valence-corrected chi connectivity index (χ3v) is 4.83. The first-order chi connectivity index (χ1) is 14.0. The van der Waals surface area contributed by atoms with Gasteiger partial charge in [-0.25, -0.2) is 0 Å². The zero-order valence-corrected chi connectivity index (χ0v) is 17.3. The third kappa shape index (κ3) is 6.00. The van der Waals surface area contributed by atoms with Crippen LogP contribution in [0.15, 0.2) is 66.7 Å². The van der Waals surface area contributed by atoms with Crippen LogP contribution < -0.4 is 14.8 Å². The molecule has 3 rings (SSSR count). The first-order valence-electron chi connectivity index (χ1n) is 9.47. The first kappa shape index (κ1) is 20.7. The van der Waals surface area contributed by atoms with Crippen molar-refractivity contribution in [3.63, 3.8) is 0 Å².